The summed E-state index contributed by atoms with van der Waals surface area (Å²) in [5, 5.41) is 13.3. The molecule has 8 heteroatoms. The number of carbonyl (C=O) groups is 1. The maximum absolute atomic E-state index is 11.5. The van der Waals surface area contributed by atoms with Gasteiger partial charge in [-0.15, -0.1) is 0 Å². The van der Waals surface area contributed by atoms with Crippen molar-refractivity contribution in [2.24, 2.45) is 0 Å². The SMILES string of the molecule is COCC(=O)NCCCCn1cc([N+](=O)[O-])ccc1=O. The van der Waals surface area contributed by atoms with Crippen molar-refractivity contribution in [2.45, 2.75) is 19.4 Å². The molecule has 0 aliphatic heterocycles. The largest absolute Gasteiger partial charge is 0.375 e. The normalized spacial score (nSPS) is 10.2. The first-order valence-corrected chi connectivity index (χ1v) is 6.15. The number of nitrogens with zero attached hydrogens (tertiary/aromatic N) is 2. The lowest BCUT2D eigenvalue weighted by Gasteiger charge is -2.06. The summed E-state index contributed by atoms with van der Waals surface area (Å²) in [6.45, 7) is 0.872. The number of unbranched alkanes of at least 4 members (excludes halogenated alkanes) is 1. The number of amides is 1. The highest BCUT2D eigenvalue weighted by atomic mass is 16.6. The van der Waals surface area contributed by atoms with Gasteiger partial charge < -0.3 is 14.6 Å². The van der Waals surface area contributed by atoms with Crippen molar-refractivity contribution in [1.82, 2.24) is 9.88 Å². The molecule has 1 N–H and O–H groups in total. The molecule has 20 heavy (non-hydrogen) atoms. The Morgan fingerprint density at radius 2 is 2.20 bits per heavy atom. The molecule has 1 amide bonds. The lowest BCUT2D eigenvalue weighted by Crippen LogP contribution is -2.28. The first-order valence-electron chi connectivity index (χ1n) is 6.15. The van der Waals surface area contributed by atoms with E-state index < -0.39 is 4.92 Å². The molecule has 1 rings (SSSR count). The van der Waals surface area contributed by atoms with Crippen LogP contribution in [0, 0.1) is 10.1 Å². The molecule has 0 radical (unpaired) electrons. The number of methoxy groups -OCH3 is 1. The second kappa shape index (κ2) is 8.05. The van der Waals surface area contributed by atoms with Gasteiger partial charge in [-0.2, -0.15) is 0 Å². The molecule has 0 aliphatic carbocycles. The summed E-state index contributed by atoms with van der Waals surface area (Å²) in [6.07, 6.45) is 2.53. The van der Waals surface area contributed by atoms with E-state index in [9.17, 15) is 19.7 Å². The molecule has 0 aliphatic rings. The Morgan fingerprint density at radius 3 is 2.85 bits per heavy atom. The molecule has 0 saturated carbocycles. The molecule has 0 aromatic carbocycles. The van der Waals surface area contributed by atoms with Gasteiger partial charge in [0.15, 0.2) is 0 Å². The van der Waals surface area contributed by atoms with Crippen LogP contribution in [0.25, 0.3) is 0 Å². The monoisotopic (exact) mass is 283 g/mol. The van der Waals surface area contributed by atoms with E-state index in [0.717, 1.165) is 0 Å². The third-order valence-corrected chi connectivity index (χ3v) is 2.60. The Bertz CT molecular complexity index is 526. The summed E-state index contributed by atoms with van der Waals surface area (Å²) in [6, 6.07) is 2.36. The fourth-order valence-corrected chi connectivity index (χ4v) is 1.62. The third-order valence-electron chi connectivity index (χ3n) is 2.60. The van der Waals surface area contributed by atoms with Gasteiger partial charge in [0, 0.05) is 32.3 Å². The number of hydrogen-bond acceptors (Lipinski definition) is 5. The van der Waals surface area contributed by atoms with E-state index in [2.05, 4.69) is 10.1 Å². The second-order valence-corrected chi connectivity index (χ2v) is 4.17. The summed E-state index contributed by atoms with van der Waals surface area (Å²) in [5.74, 6) is -0.194. The fraction of sp³-hybridized carbons (Fsp3) is 0.500. The number of carbonyl (C=O) groups excluding carboxylic acids is 1. The van der Waals surface area contributed by atoms with E-state index in [0.29, 0.717) is 25.9 Å². The molecular formula is C12H17N3O5. The summed E-state index contributed by atoms with van der Waals surface area (Å²) >= 11 is 0. The van der Waals surface area contributed by atoms with Crippen molar-refractivity contribution in [3.63, 3.8) is 0 Å². The van der Waals surface area contributed by atoms with Gasteiger partial charge in [0.25, 0.3) is 11.2 Å². The topological polar surface area (TPSA) is 103 Å². The molecule has 0 saturated heterocycles. The zero-order valence-electron chi connectivity index (χ0n) is 11.2. The molecule has 1 heterocycles. The highest BCUT2D eigenvalue weighted by Crippen LogP contribution is 2.06. The lowest BCUT2D eigenvalue weighted by atomic mass is 10.3. The maximum Gasteiger partial charge on any atom is 0.285 e. The standard InChI is InChI=1S/C12H17N3O5/c1-20-9-11(16)13-6-2-3-7-14-8-10(15(18)19)4-5-12(14)17/h4-5,8H,2-3,6-7,9H2,1H3,(H,13,16). The van der Waals surface area contributed by atoms with E-state index >= 15 is 0 Å². The summed E-state index contributed by atoms with van der Waals surface area (Å²) in [7, 11) is 1.44. The van der Waals surface area contributed by atoms with Crippen LogP contribution in [0.5, 0.6) is 0 Å². The maximum atomic E-state index is 11.5. The number of nitro groups is 1. The van der Waals surface area contributed by atoms with Gasteiger partial charge in [0.05, 0.1) is 11.1 Å². The van der Waals surface area contributed by atoms with Gasteiger partial charge in [-0.3, -0.25) is 19.7 Å². The molecule has 0 bridgehead atoms. The molecule has 0 unspecified atom stereocenters. The molecule has 1 aromatic rings. The number of ether oxygens (including phenoxy) is 1. The zero-order valence-corrected chi connectivity index (χ0v) is 11.2. The minimum Gasteiger partial charge on any atom is -0.375 e. The second-order valence-electron chi connectivity index (χ2n) is 4.17. The first kappa shape index (κ1) is 15.8. The average molecular weight is 283 g/mol. The Kier molecular flexibility index (Phi) is 6.38. The highest BCUT2D eigenvalue weighted by Gasteiger charge is 2.07. The number of hydrogen-bond donors (Lipinski definition) is 1. The molecule has 0 spiro atoms. The molecule has 110 valence electrons. The van der Waals surface area contributed by atoms with Gasteiger partial charge in [0.2, 0.25) is 5.91 Å². The molecular weight excluding hydrogens is 266 g/mol. The van der Waals surface area contributed by atoms with Crippen molar-refractivity contribution in [2.75, 3.05) is 20.3 Å². The minimum absolute atomic E-state index is 0.0182. The Labute approximate surface area is 115 Å². The van der Waals surface area contributed by atoms with E-state index in [1.165, 1.54) is 30.0 Å². The van der Waals surface area contributed by atoms with Crippen LogP contribution in [-0.4, -0.2) is 35.7 Å². The molecule has 8 nitrogen and oxygen atoms in total. The van der Waals surface area contributed by atoms with Gasteiger partial charge in [-0.25, -0.2) is 0 Å². The van der Waals surface area contributed by atoms with Crippen molar-refractivity contribution in [3.8, 4) is 0 Å². The Balaban J connectivity index is 2.38. The number of pyridine rings is 1. The van der Waals surface area contributed by atoms with Gasteiger partial charge in [0.1, 0.15) is 6.61 Å². The molecule has 0 fully saturated rings. The number of nitrogens with one attached hydrogen (secondary N) is 1. The number of aryl methyl sites for hydroxylation is 1. The summed E-state index contributed by atoms with van der Waals surface area (Å²) < 4.78 is 5.96. The van der Waals surface area contributed by atoms with Crippen molar-refractivity contribution in [1.29, 1.82) is 0 Å². The summed E-state index contributed by atoms with van der Waals surface area (Å²) in [5.41, 5.74) is -0.392. The van der Waals surface area contributed by atoms with Crippen molar-refractivity contribution >= 4 is 11.6 Å². The predicted molar refractivity (Wildman–Crippen MR) is 71.5 cm³/mol. The number of aromatic nitrogens is 1. The van der Waals surface area contributed by atoms with Crippen molar-refractivity contribution in [3.05, 3.63) is 38.8 Å². The smallest absolute Gasteiger partial charge is 0.285 e. The molecule has 0 atom stereocenters. The highest BCUT2D eigenvalue weighted by molar-refractivity contribution is 5.77. The predicted octanol–water partition coefficient (Wildman–Crippen LogP) is 0.299. The van der Waals surface area contributed by atoms with Crippen LogP contribution in [0.2, 0.25) is 0 Å². The van der Waals surface area contributed by atoms with E-state index in [1.807, 2.05) is 0 Å². The average Bonchev–Trinajstić information content (AvgIpc) is 2.40. The Hall–Kier alpha value is -2.22. The van der Waals surface area contributed by atoms with Crippen LogP contribution in [0.3, 0.4) is 0 Å². The van der Waals surface area contributed by atoms with Gasteiger partial charge >= 0.3 is 0 Å². The van der Waals surface area contributed by atoms with Crippen LogP contribution in [-0.2, 0) is 16.1 Å². The fourth-order valence-electron chi connectivity index (χ4n) is 1.62. The van der Waals surface area contributed by atoms with Gasteiger partial charge in [-0.05, 0) is 12.8 Å². The van der Waals surface area contributed by atoms with Crippen LogP contribution in [0.1, 0.15) is 12.8 Å². The first-order chi connectivity index (χ1) is 9.54. The van der Waals surface area contributed by atoms with Crippen LogP contribution in [0.4, 0.5) is 5.69 Å². The van der Waals surface area contributed by atoms with Crippen LogP contribution < -0.4 is 10.9 Å². The quantitative estimate of drug-likeness (QED) is 0.420. The van der Waals surface area contributed by atoms with Crippen molar-refractivity contribution < 1.29 is 14.5 Å². The minimum atomic E-state index is -0.541. The Morgan fingerprint density at radius 1 is 1.45 bits per heavy atom. The van der Waals surface area contributed by atoms with Crippen LogP contribution >= 0.6 is 0 Å². The summed E-state index contributed by atoms with van der Waals surface area (Å²) in [4.78, 5) is 32.7. The van der Waals surface area contributed by atoms with E-state index in [4.69, 9.17) is 0 Å². The molecule has 1 aromatic heterocycles. The van der Waals surface area contributed by atoms with Crippen LogP contribution in [0.15, 0.2) is 23.1 Å². The van der Waals surface area contributed by atoms with Gasteiger partial charge in [-0.1, -0.05) is 0 Å². The third kappa shape index (κ3) is 5.19. The van der Waals surface area contributed by atoms with E-state index in [1.54, 1.807) is 0 Å². The lowest BCUT2D eigenvalue weighted by molar-refractivity contribution is -0.385. The van der Waals surface area contributed by atoms with E-state index in [-0.39, 0.29) is 23.8 Å². The number of rotatable bonds is 8. The zero-order chi connectivity index (χ0) is 15.0.